The van der Waals surface area contributed by atoms with Gasteiger partial charge in [-0.2, -0.15) is 0 Å². The van der Waals surface area contributed by atoms with Crippen molar-refractivity contribution >= 4 is 30.2 Å². The highest BCUT2D eigenvalue weighted by Gasteiger charge is 2.17. The molecule has 0 saturated heterocycles. The number of Topliss-reactive ketones (excluding diaryl/α,β-unsaturated/α-hetero) is 1. The van der Waals surface area contributed by atoms with E-state index in [-0.39, 0.29) is 5.78 Å². The molecule has 0 aliphatic rings. The van der Waals surface area contributed by atoms with Gasteiger partial charge < -0.3 is 10.3 Å². The van der Waals surface area contributed by atoms with Crippen LogP contribution >= 0.6 is 0 Å². The van der Waals surface area contributed by atoms with Gasteiger partial charge in [0.1, 0.15) is 7.85 Å². The molecule has 3 rings (SSSR count). The number of aromatic nitrogens is 1. The van der Waals surface area contributed by atoms with E-state index in [1.54, 1.807) is 6.20 Å². The third-order valence-corrected chi connectivity index (χ3v) is 3.23. The quantitative estimate of drug-likeness (QED) is 0.524. The molecule has 3 aromatic rings. The van der Waals surface area contributed by atoms with Gasteiger partial charge in [-0.15, -0.1) is 0 Å². The average Bonchev–Trinajstić information content (AvgIpc) is 3.09. The summed E-state index contributed by atoms with van der Waals surface area (Å²) in [6.07, 6.45) is 1.71. The standard InChI is InChI=1S/C16H13BN2O.2C2H6/c17-16(19-11-6-2-1-3-7-11)15(20)13-10-18-14-9-5-4-8-12(13)14;2*1-2/h1-10,16,18-19H;2*1-2H3. The second kappa shape index (κ2) is 10.3. The van der Waals surface area contributed by atoms with Gasteiger partial charge in [0.25, 0.3) is 0 Å². The van der Waals surface area contributed by atoms with E-state index in [0.29, 0.717) is 5.56 Å². The monoisotopic (exact) mass is 320 g/mol. The summed E-state index contributed by atoms with van der Waals surface area (Å²) in [5.74, 6) is -0.900. The van der Waals surface area contributed by atoms with E-state index in [2.05, 4.69) is 10.3 Å². The van der Waals surface area contributed by atoms with Crippen LogP contribution in [0.3, 0.4) is 0 Å². The number of hydrogen-bond donors (Lipinski definition) is 2. The SMILES string of the molecule is CC.CC.[B]C(Nc1ccccc1)C(=O)c1c[nH]c2ccccc12. The first kappa shape index (κ1) is 19.6. The van der Waals surface area contributed by atoms with Crippen LogP contribution in [0, 0.1) is 0 Å². The summed E-state index contributed by atoms with van der Waals surface area (Å²) >= 11 is 0. The lowest BCUT2D eigenvalue weighted by molar-refractivity contribution is 0.0995. The molecule has 2 N–H and O–H groups in total. The number of nitrogens with one attached hydrogen (secondary N) is 2. The number of carbonyl (C=O) groups excluding carboxylic acids is 1. The summed E-state index contributed by atoms with van der Waals surface area (Å²) < 4.78 is 0. The van der Waals surface area contributed by atoms with Gasteiger partial charge in [-0.3, -0.25) is 4.79 Å². The van der Waals surface area contributed by atoms with Crippen molar-refractivity contribution in [2.75, 3.05) is 5.32 Å². The van der Waals surface area contributed by atoms with Crippen LogP contribution in [-0.4, -0.2) is 24.6 Å². The summed E-state index contributed by atoms with van der Waals surface area (Å²) in [7, 11) is 5.96. The minimum Gasteiger partial charge on any atom is -0.383 e. The van der Waals surface area contributed by atoms with Gasteiger partial charge >= 0.3 is 0 Å². The molecule has 0 aliphatic heterocycles. The fraction of sp³-hybridized carbons (Fsp3) is 0.250. The Labute approximate surface area is 145 Å². The predicted molar refractivity (Wildman–Crippen MR) is 105 cm³/mol. The minimum atomic E-state index is -0.767. The molecule has 2 radical (unpaired) electrons. The highest BCUT2D eigenvalue weighted by molar-refractivity contribution is 6.31. The Balaban J connectivity index is 0.000000671. The maximum Gasteiger partial charge on any atom is 0.177 e. The lowest BCUT2D eigenvalue weighted by Crippen LogP contribution is -2.29. The normalized spacial score (nSPS) is 10.7. The van der Waals surface area contributed by atoms with Crippen LogP contribution in [0.5, 0.6) is 0 Å². The molecule has 1 atom stereocenters. The second-order valence-corrected chi connectivity index (χ2v) is 4.60. The van der Waals surface area contributed by atoms with Crippen molar-refractivity contribution in [3.63, 3.8) is 0 Å². The molecule has 0 bridgehead atoms. The van der Waals surface area contributed by atoms with E-state index >= 15 is 0 Å². The Hall–Kier alpha value is -2.49. The molecule has 0 aliphatic carbocycles. The van der Waals surface area contributed by atoms with E-state index in [1.165, 1.54) is 0 Å². The van der Waals surface area contributed by atoms with E-state index in [1.807, 2.05) is 82.3 Å². The molecule has 1 heterocycles. The van der Waals surface area contributed by atoms with Gasteiger partial charge in [0.15, 0.2) is 5.78 Å². The number of benzene rings is 2. The Morgan fingerprint density at radius 2 is 1.54 bits per heavy atom. The first-order valence-electron chi connectivity index (χ1n) is 8.43. The molecule has 4 heteroatoms. The van der Waals surface area contributed by atoms with Crippen molar-refractivity contribution in [2.24, 2.45) is 0 Å². The number of aromatic amines is 1. The molecule has 1 aromatic heterocycles. The first-order chi connectivity index (χ1) is 11.8. The van der Waals surface area contributed by atoms with E-state index in [0.717, 1.165) is 16.6 Å². The molecule has 24 heavy (non-hydrogen) atoms. The molecule has 124 valence electrons. The largest absolute Gasteiger partial charge is 0.383 e. The van der Waals surface area contributed by atoms with Crippen molar-refractivity contribution in [1.82, 2.24) is 4.98 Å². The zero-order valence-electron chi connectivity index (χ0n) is 14.8. The summed E-state index contributed by atoms with van der Waals surface area (Å²) in [4.78, 5) is 15.5. The van der Waals surface area contributed by atoms with Crippen LogP contribution in [0.15, 0.2) is 60.8 Å². The van der Waals surface area contributed by atoms with Crippen LogP contribution in [0.1, 0.15) is 38.1 Å². The lowest BCUT2D eigenvalue weighted by atomic mass is 9.88. The highest BCUT2D eigenvalue weighted by atomic mass is 16.1. The topological polar surface area (TPSA) is 44.9 Å². The Morgan fingerprint density at radius 1 is 0.958 bits per heavy atom. The van der Waals surface area contributed by atoms with Gasteiger partial charge in [-0.05, 0) is 18.2 Å². The van der Waals surface area contributed by atoms with Crippen LogP contribution in [0.2, 0.25) is 0 Å². The van der Waals surface area contributed by atoms with Gasteiger partial charge in [0.2, 0.25) is 0 Å². The van der Waals surface area contributed by atoms with Gasteiger partial charge in [-0.1, -0.05) is 64.1 Å². The number of anilines is 1. The van der Waals surface area contributed by atoms with Crippen molar-refractivity contribution < 1.29 is 4.79 Å². The number of H-pyrrole nitrogens is 1. The Bertz CT molecular complexity index is 737. The van der Waals surface area contributed by atoms with Crippen molar-refractivity contribution in [3.05, 3.63) is 66.4 Å². The highest BCUT2D eigenvalue weighted by Crippen LogP contribution is 2.19. The van der Waals surface area contributed by atoms with Crippen molar-refractivity contribution in [2.45, 2.75) is 33.6 Å². The van der Waals surface area contributed by atoms with Crippen LogP contribution in [-0.2, 0) is 0 Å². The Morgan fingerprint density at radius 3 is 2.21 bits per heavy atom. The number of rotatable bonds is 4. The van der Waals surface area contributed by atoms with E-state index in [9.17, 15) is 4.79 Å². The number of fused-ring (bicyclic) bond motifs is 1. The molecular formula is C20H25BN2O. The number of hydrogen-bond acceptors (Lipinski definition) is 2. The number of ketones is 1. The maximum atomic E-state index is 12.4. The number of para-hydroxylation sites is 2. The van der Waals surface area contributed by atoms with Crippen molar-refractivity contribution in [3.8, 4) is 0 Å². The van der Waals surface area contributed by atoms with E-state index in [4.69, 9.17) is 7.85 Å². The summed E-state index contributed by atoms with van der Waals surface area (Å²) in [5.41, 5.74) is 2.37. The molecule has 1 unspecified atom stereocenters. The average molecular weight is 320 g/mol. The van der Waals surface area contributed by atoms with E-state index < -0.39 is 5.94 Å². The molecule has 0 fully saturated rings. The molecule has 0 spiro atoms. The van der Waals surface area contributed by atoms with Crippen LogP contribution in [0.25, 0.3) is 10.9 Å². The fourth-order valence-electron chi connectivity index (χ4n) is 2.22. The molecular weight excluding hydrogens is 295 g/mol. The predicted octanol–water partition coefficient (Wildman–Crippen LogP) is 5.01. The third kappa shape index (κ3) is 4.75. The lowest BCUT2D eigenvalue weighted by Gasteiger charge is -2.14. The van der Waals surface area contributed by atoms with Crippen molar-refractivity contribution in [1.29, 1.82) is 0 Å². The summed E-state index contributed by atoms with van der Waals surface area (Å²) in [6, 6.07) is 17.1. The zero-order chi connectivity index (χ0) is 17.9. The van der Waals surface area contributed by atoms with Gasteiger partial charge in [0, 0.05) is 34.3 Å². The third-order valence-electron chi connectivity index (χ3n) is 3.23. The van der Waals surface area contributed by atoms with Gasteiger partial charge in [-0.25, -0.2) is 0 Å². The van der Waals surface area contributed by atoms with Crippen LogP contribution < -0.4 is 5.32 Å². The summed E-state index contributed by atoms with van der Waals surface area (Å²) in [6.45, 7) is 8.00. The Kier molecular flexibility index (Phi) is 8.41. The summed E-state index contributed by atoms with van der Waals surface area (Å²) in [5, 5.41) is 3.90. The first-order valence-corrected chi connectivity index (χ1v) is 8.43. The van der Waals surface area contributed by atoms with Gasteiger partial charge in [0.05, 0.1) is 0 Å². The second-order valence-electron chi connectivity index (χ2n) is 4.60. The molecule has 0 saturated carbocycles. The van der Waals surface area contributed by atoms with Crippen LogP contribution in [0.4, 0.5) is 5.69 Å². The molecule has 0 amide bonds. The fourth-order valence-corrected chi connectivity index (χ4v) is 2.22. The molecule has 2 aromatic carbocycles. The number of carbonyl (C=O) groups is 1. The minimum absolute atomic E-state index is 0.133. The molecule has 3 nitrogen and oxygen atoms in total. The maximum absolute atomic E-state index is 12.4. The zero-order valence-corrected chi connectivity index (χ0v) is 14.8. The smallest absolute Gasteiger partial charge is 0.177 e.